The molecule has 0 aliphatic rings. The molecular formula is C12H16BrNO2. The number of phenols is 1. The van der Waals surface area contributed by atoms with E-state index in [0.29, 0.717) is 11.3 Å². The fourth-order valence-electron chi connectivity index (χ4n) is 1.24. The fraction of sp³-hybridized carbons (Fsp3) is 0.417. The van der Waals surface area contributed by atoms with Gasteiger partial charge < -0.3 is 10.4 Å². The lowest BCUT2D eigenvalue weighted by Crippen LogP contribution is -2.31. The smallest absolute Gasteiger partial charge is 0.240 e. The van der Waals surface area contributed by atoms with Gasteiger partial charge in [0.25, 0.3) is 0 Å². The lowest BCUT2D eigenvalue weighted by molar-refractivity contribution is -0.117. The third-order valence-electron chi connectivity index (χ3n) is 2.42. The van der Waals surface area contributed by atoms with E-state index < -0.39 is 4.32 Å². The molecule has 0 radical (unpaired) electrons. The van der Waals surface area contributed by atoms with E-state index in [9.17, 15) is 9.90 Å². The maximum Gasteiger partial charge on any atom is 0.240 e. The quantitative estimate of drug-likeness (QED) is 0.821. The zero-order valence-corrected chi connectivity index (χ0v) is 11.5. The molecule has 1 aromatic rings. The van der Waals surface area contributed by atoms with Gasteiger partial charge in [0.1, 0.15) is 5.75 Å². The first-order valence-electron chi connectivity index (χ1n) is 5.03. The largest absolute Gasteiger partial charge is 0.507 e. The zero-order chi connectivity index (χ0) is 12.5. The van der Waals surface area contributed by atoms with E-state index >= 15 is 0 Å². The number of hydrogen-bond acceptors (Lipinski definition) is 2. The van der Waals surface area contributed by atoms with Crippen LogP contribution < -0.4 is 5.32 Å². The first-order valence-corrected chi connectivity index (χ1v) is 5.82. The SMILES string of the molecule is Cc1ccc(NC(=O)C(C)(C)Br)c(C)c1O. The van der Waals surface area contributed by atoms with Gasteiger partial charge in [0, 0.05) is 11.3 Å². The molecule has 0 aliphatic heterocycles. The van der Waals surface area contributed by atoms with Crippen LogP contribution in [0.15, 0.2) is 12.1 Å². The van der Waals surface area contributed by atoms with Crippen LogP contribution in [0.3, 0.4) is 0 Å². The van der Waals surface area contributed by atoms with Gasteiger partial charge in [0.05, 0.1) is 4.32 Å². The van der Waals surface area contributed by atoms with Gasteiger partial charge in [-0.25, -0.2) is 0 Å². The second kappa shape index (κ2) is 4.45. The molecule has 0 saturated carbocycles. The van der Waals surface area contributed by atoms with Crippen LogP contribution in [-0.4, -0.2) is 15.3 Å². The molecule has 0 saturated heterocycles. The van der Waals surface area contributed by atoms with E-state index in [0.717, 1.165) is 5.56 Å². The highest BCUT2D eigenvalue weighted by atomic mass is 79.9. The van der Waals surface area contributed by atoms with E-state index in [1.54, 1.807) is 32.9 Å². The van der Waals surface area contributed by atoms with Gasteiger partial charge in [-0.05, 0) is 39.3 Å². The van der Waals surface area contributed by atoms with Gasteiger partial charge in [-0.2, -0.15) is 0 Å². The maximum atomic E-state index is 11.7. The summed E-state index contributed by atoms with van der Waals surface area (Å²) in [5.41, 5.74) is 2.12. The normalized spacial score (nSPS) is 11.3. The topological polar surface area (TPSA) is 49.3 Å². The summed E-state index contributed by atoms with van der Waals surface area (Å²) in [6.45, 7) is 7.14. The third kappa shape index (κ3) is 2.76. The van der Waals surface area contributed by atoms with Gasteiger partial charge >= 0.3 is 0 Å². The summed E-state index contributed by atoms with van der Waals surface area (Å²) in [5, 5.41) is 12.5. The van der Waals surface area contributed by atoms with Crippen molar-refractivity contribution in [2.45, 2.75) is 32.0 Å². The Morgan fingerprint density at radius 2 is 1.94 bits per heavy atom. The summed E-state index contributed by atoms with van der Waals surface area (Å²) in [5.74, 6) is 0.0871. The van der Waals surface area contributed by atoms with E-state index in [1.165, 1.54) is 0 Å². The molecule has 0 atom stereocenters. The Balaban J connectivity index is 3.00. The molecular weight excluding hydrogens is 270 g/mol. The number of benzene rings is 1. The zero-order valence-electron chi connectivity index (χ0n) is 9.89. The third-order valence-corrected chi connectivity index (χ3v) is 2.78. The molecule has 1 aromatic carbocycles. The van der Waals surface area contributed by atoms with Crippen molar-refractivity contribution in [2.75, 3.05) is 5.32 Å². The Morgan fingerprint density at radius 3 is 2.44 bits per heavy atom. The number of carbonyl (C=O) groups excluding carboxylic acids is 1. The van der Waals surface area contributed by atoms with E-state index in [2.05, 4.69) is 21.2 Å². The molecule has 0 bridgehead atoms. The number of alkyl halides is 1. The molecule has 16 heavy (non-hydrogen) atoms. The molecule has 1 amide bonds. The molecule has 2 N–H and O–H groups in total. The molecule has 0 spiro atoms. The van der Waals surface area contributed by atoms with E-state index in [-0.39, 0.29) is 11.7 Å². The number of aromatic hydroxyl groups is 1. The highest BCUT2D eigenvalue weighted by Crippen LogP contribution is 2.29. The van der Waals surface area contributed by atoms with Crippen LogP contribution in [0.25, 0.3) is 0 Å². The van der Waals surface area contributed by atoms with Crippen molar-refractivity contribution in [1.82, 2.24) is 0 Å². The number of nitrogens with one attached hydrogen (secondary N) is 1. The van der Waals surface area contributed by atoms with Gasteiger partial charge in [-0.1, -0.05) is 22.0 Å². The highest BCUT2D eigenvalue weighted by molar-refractivity contribution is 9.10. The van der Waals surface area contributed by atoms with Crippen LogP contribution in [-0.2, 0) is 4.79 Å². The first kappa shape index (κ1) is 13.0. The number of aryl methyl sites for hydroxylation is 1. The molecule has 4 heteroatoms. The van der Waals surface area contributed by atoms with Crippen LogP contribution in [0.1, 0.15) is 25.0 Å². The minimum absolute atomic E-state index is 0.140. The van der Waals surface area contributed by atoms with Gasteiger partial charge in [0.2, 0.25) is 5.91 Å². The monoisotopic (exact) mass is 285 g/mol. The standard InChI is InChI=1S/C12H16BrNO2/c1-7-5-6-9(8(2)10(7)15)14-11(16)12(3,4)13/h5-6,15H,1-4H3,(H,14,16). The Kier molecular flexibility index (Phi) is 3.63. The van der Waals surface area contributed by atoms with E-state index in [4.69, 9.17) is 0 Å². The number of halogens is 1. The van der Waals surface area contributed by atoms with Crippen LogP contribution in [0.5, 0.6) is 5.75 Å². The summed E-state index contributed by atoms with van der Waals surface area (Å²) in [4.78, 5) is 11.7. The average molecular weight is 286 g/mol. The van der Waals surface area contributed by atoms with Crippen LogP contribution in [0, 0.1) is 13.8 Å². The number of rotatable bonds is 2. The van der Waals surface area contributed by atoms with Crippen molar-refractivity contribution in [3.8, 4) is 5.75 Å². The Hall–Kier alpha value is -1.03. The second-order valence-corrected chi connectivity index (χ2v) is 6.31. The molecule has 0 aromatic heterocycles. The van der Waals surface area contributed by atoms with Crippen molar-refractivity contribution in [2.24, 2.45) is 0 Å². The highest BCUT2D eigenvalue weighted by Gasteiger charge is 2.24. The predicted octanol–water partition coefficient (Wildman–Crippen LogP) is 3.12. The summed E-state index contributed by atoms with van der Waals surface area (Å²) in [6.07, 6.45) is 0. The number of amides is 1. The molecule has 0 fully saturated rings. The van der Waals surface area contributed by atoms with Gasteiger partial charge in [-0.3, -0.25) is 4.79 Å². The van der Waals surface area contributed by atoms with E-state index in [1.807, 2.05) is 6.92 Å². The molecule has 1 rings (SSSR count). The van der Waals surface area contributed by atoms with Crippen LogP contribution >= 0.6 is 15.9 Å². The van der Waals surface area contributed by atoms with Gasteiger partial charge in [0.15, 0.2) is 0 Å². The Morgan fingerprint density at radius 1 is 1.38 bits per heavy atom. The van der Waals surface area contributed by atoms with Crippen molar-refractivity contribution in [3.63, 3.8) is 0 Å². The number of phenolic OH excluding ortho intramolecular Hbond substituents is 1. The summed E-state index contributed by atoms with van der Waals surface area (Å²) < 4.78 is -0.625. The molecule has 0 unspecified atom stereocenters. The molecule has 88 valence electrons. The lowest BCUT2D eigenvalue weighted by atomic mass is 10.1. The summed E-state index contributed by atoms with van der Waals surface area (Å²) in [7, 11) is 0. The maximum absolute atomic E-state index is 11.7. The number of anilines is 1. The molecule has 3 nitrogen and oxygen atoms in total. The molecule has 0 aliphatic carbocycles. The van der Waals surface area contributed by atoms with Crippen LogP contribution in [0.4, 0.5) is 5.69 Å². The van der Waals surface area contributed by atoms with Crippen LogP contribution in [0.2, 0.25) is 0 Å². The molecule has 0 heterocycles. The minimum atomic E-state index is -0.625. The van der Waals surface area contributed by atoms with Gasteiger partial charge in [-0.15, -0.1) is 0 Å². The average Bonchev–Trinajstić information content (AvgIpc) is 2.17. The van der Waals surface area contributed by atoms with Crippen molar-refractivity contribution < 1.29 is 9.90 Å². The second-order valence-electron chi connectivity index (χ2n) is 4.33. The Labute approximate surface area is 104 Å². The number of hydrogen-bond donors (Lipinski definition) is 2. The number of carbonyl (C=O) groups is 1. The predicted molar refractivity (Wildman–Crippen MR) is 69.2 cm³/mol. The fourth-order valence-corrected chi connectivity index (χ4v) is 1.34. The van der Waals surface area contributed by atoms with Crippen molar-refractivity contribution in [1.29, 1.82) is 0 Å². The minimum Gasteiger partial charge on any atom is -0.507 e. The lowest BCUT2D eigenvalue weighted by Gasteiger charge is -2.17. The van der Waals surface area contributed by atoms with Crippen molar-refractivity contribution in [3.05, 3.63) is 23.3 Å². The Bertz CT molecular complexity index is 422. The van der Waals surface area contributed by atoms with Crippen molar-refractivity contribution >= 4 is 27.5 Å². The summed E-state index contributed by atoms with van der Waals surface area (Å²) >= 11 is 3.28. The first-order chi connectivity index (χ1) is 7.23. The summed E-state index contributed by atoms with van der Waals surface area (Å²) in [6, 6.07) is 3.57.